The summed E-state index contributed by atoms with van der Waals surface area (Å²) in [6.45, 7) is 3.55. The molecule has 0 spiro atoms. The number of thioether (sulfide) groups is 1. The maximum Gasteiger partial charge on any atom is 0.0613 e. The van der Waals surface area contributed by atoms with Crippen molar-refractivity contribution in [2.45, 2.75) is 69.1 Å². The van der Waals surface area contributed by atoms with E-state index in [1.165, 1.54) is 44.3 Å². The summed E-state index contributed by atoms with van der Waals surface area (Å²) in [6, 6.07) is 0. The first-order valence-electron chi connectivity index (χ1n) is 7.75. The highest BCUT2D eigenvalue weighted by atomic mass is 32.2. The fourth-order valence-electron chi connectivity index (χ4n) is 3.42. The van der Waals surface area contributed by atoms with Crippen LogP contribution >= 0.6 is 11.8 Å². The zero-order chi connectivity index (χ0) is 12.8. The van der Waals surface area contributed by atoms with Crippen molar-refractivity contribution in [3.8, 4) is 0 Å². The van der Waals surface area contributed by atoms with Crippen molar-refractivity contribution in [1.82, 2.24) is 5.32 Å². The van der Waals surface area contributed by atoms with Gasteiger partial charge in [-0.1, -0.05) is 19.8 Å². The van der Waals surface area contributed by atoms with Gasteiger partial charge in [0.1, 0.15) is 0 Å². The molecule has 18 heavy (non-hydrogen) atoms. The van der Waals surface area contributed by atoms with Gasteiger partial charge in [0.15, 0.2) is 0 Å². The lowest BCUT2D eigenvalue weighted by molar-refractivity contribution is 0.165. The lowest BCUT2D eigenvalue weighted by atomic mass is 9.99. The molecule has 0 bridgehead atoms. The van der Waals surface area contributed by atoms with Gasteiger partial charge in [0.25, 0.3) is 0 Å². The first-order chi connectivity index (χ1) is 8.78. The zero-order valence-corrected chi connectivity index (χ0v) is 12.6. The van der Waals surface area contributed by atoms with Crippen LogP contribution in [0.3, 0.4) is 0 Å². The van der Waals surface area contributed by atoms with Crippen molar-refractivity contribution < 1.29 is 5.11 Å². The maximum absolute atomic E-state index is 9.67. The van der Waals surface area contributed by atoms with E-state index in [0.29, 0.717) is 6.61 Å². The molecule has 2 aliphatic carbocycles. The minimum Gasteiger partial charge on any atom is -0.394 e. The molecule has 0 aromatic heterocycles. The molecule has 2 aliphatic rings. The van der Waals surface area contributed by atoms with Gasteiger partial charge in [-0.25, -0.2) is 0 Å². The predicted molar refractivity (Wildman–Crippen MR) is 80.2 cm³/mol. The van der Waals surface area contributed by atoms with Crippen LogP contribution in [0.4, 0.5) is 0 Å². The van der Waals surface area contributed by atoms with E-state index in [1.807, 2.05) is 0 Å². The molecule has 0 heterocycles. The van der Waals surface area contributed by atoms with Crippen molar-refractivity contribution >= 4 is 11.8 Å². The zero-order valence-electron chi connectivity index (χ0n) is 11.8. The first kappa shape index (κ1) is 14.7. The van der Waals surface area contributed by atoms with Crippen LogP contribution in [-0.4, -0.2) is 34.8 Å². The summed E-state index contributed by atoms with van der Waals surface area (Å²) >= 11 is 2.18. The van der Waals surface area contributed by atoms with Gasteiger partial charge in [-0.15, -0.1) is 0 Å². The van der Waals surface area contributed by atoms with Crippen molar-refractivity contribution in [1.29, 1.82) is 0 Å². The summed E-state index contributed by atoms with van der Waals surface area (Å²) in [5.41, 5.74) is 0.0450. The topological polar surface area (TPSA) is 32.3 Å². The molecule has 2 nitrogen and oxygen atoms in total. The Balaban J connectivity index is 1.71. The van der Waals surface area contributed by atoms with E-state index < -0.39 is 0 Å². The summed E-state index contributed by atoms with van der Waals surface area (Å²) < 4.78 is 0. The van der Waals surface area contributed by atoms with Crippen molar-refractivity contribution in [2.75, 3.05) is 18.9 Å². The molecule has 0 aliphatic heterocycles. The van der Waals surface area contributed by atoms with Crippen molar-refractivity contribution in [3.63, 3.8) is 0 Å². The third kappa shape index (κ3) is 3.88. The van der Waals surface area contributed by atoms with Crippen molar-refractivity contribution in [3.05, 3.63) is 0 Å². The van der Waals surface area contributed by atoms with Crippen LogP contribution in [0.1, 0.15) is 58.3 Å². The minimum atomic E-state index is 0.0450. The molecule has 3 heteroatoms. The molecule has 0 aromatic carbocycles. The molecule has 0 radical (unpaired) electrons. The fourth-order valence-corrected chi connectivity index (χ4v) is 5.02. The Morgan fingerprint density at radius 3 is 2.72 bits per heavy atom. The second-order valence-electron chi connectivity index (χ2n) is 6.21. The third-order valence-electron chi connectivity index (χ3n) is 4.66. The molecule has 106 valence electrons. The van der Waals surface area contributed by atoms with Crippen LogP contribution in [0.5, 0.6) is 0 Å². The average molecular weight is 271 g/mol. The maximum atomic E-state index is 9.67. The average Bonchev–Trinajstić information content (AvgIpc) is 3.04. The van der Waals surface area contributed by atoms with Crippen LogP contribution in [0, 0.1) is 5.92 Å². The van der Waals surface area contributed by atoms with Crippen molar-refractivity contribution in [2.24, 2.45) is 5.92 Å². The largest absolute Gasteiger partial charge is 0.394 e. The highest BCUT2D eigenvalue weighted by molar-refractivity contribution is 7.99. The van der Waals surface area contributed by atoms with E-state index in [4.69, 9.17) is 0 Å². The van der Waals surface area contributed by atoms with E-state index in [0.717, 1.165) is 30.6 Å². The molecule has 2 unspecified atom stereocenters. The quantitative estimate of drug-likeness (QED) is 0.746. The van der Waals surface area contributed by atoms with Crippen LogP contribution < -0.4 is 5.32 Å². The summed E-state index contributed by atoms with van der Waals surface area (Å²) in [4.78, 5) is 0. The minimum absolute atomic E-state index is 0.0450. The van der Waals surface area contributed by atoms with Crippen LogP contribution in [0.25, 0.3) is 0 Å². The van der Waals surface area contributed by atoms with Gasteiger partial charge in [0.2, 0.25) is 0 Å². The Morgan fingerprint density at radius 2 is 2.06 bits per heavy atom. The van der Waals surface area contributed by atoms with E-state index >= 15 is 0 Å². The third-order valence-corrected chi connectivity index (χ3v) is 6.20. The standard InChI is InChI=1S/C15H29NOS/c1-2-9-16-15(12-17)8-7-14(10-15)18-11-13-5-3-4-6-13/h13-14,16-17H,2-12H2,1H3. The van der Waals surface area contributed by atoms with Gasteiger partial charge in [-0.2, -0.15) is 11.8 Å². The Morgan fingerprint density at radius 1 is 1.28 bits per heavy atom. The highest BCUT2D eigenvalue weighted by Gasteiger charge is 2.38. The van der Waals surface area contributed by atoms with Gasteiger partial charge in [0, 0.05) is 10.8 Å². The Kier molecular flexibility index (Phi) is 5.84. The van der Waals surface area contributed by atoms with E-state index in [2.05, 4.69) is 24.0 Å². The number of hydrogen-bond donors (Lipinski definition) is 2. The molecular weight excluding hydrogens is 242 g/mol. The molecule has 2 fully saturated rings. The number of aliphatic hydroxyl groups excluding tert-OH is 1. The Bertz CT molecular complexity index is 243. The summed E-state index contributed by atoms with van der Waals surface area (Å²) in [5, 5.41) is 14.0. The Labute approximate surface area is 116 Å². The van der Waals surface area contributed by atoms with Gasteiger partial charge in [-0.05, 0) is 56.7 Å². The monoisotopic (exact) mass is 271 g/mol. The normalized spacial score (nSPS) is 33.3. The number of aliphatic hydroxyl groups is 1. The molecule has 2 saturated carbocycles. The lowest BCUT2D eigenvalue weighted by Crippen LogP contribution is -2.46. The molecule has 0 aromatic rings. The Hall–Kier alpha value is 0.270. The van der Waals surface area contributed by atoms with E-state index in [9.17, 15) is 5.11 Å². The molecule has 0 amide bonds. The molecule has 2 rings (SSSR count). The molecule has 0 saturated heterocycles. The molecule has 2 N–H and O–H groups in total. The number of nitrogens with one attached hydrogen (secondary N) is 1. The predicted octanol–water partition coefficient (Wildman–Crippen LogP) is 3.19. The van der Waals surface area contributed by atoms with Gasteiger partial charge in [0.05, 0.1) is 6.61 Å². The summed E-state index contributed by atoms with van der Waals surface area (Å²) in [5.74, 6) is 2.35. The first-order valence-corrected chi connectivity index (χ1v) is 8.80. The summed E-state index contributed by atoms with van der Waals surface area (Å²) in [6.07, 6.45) is 10.6. The van der Waals surface area contributed by atoms with Gasteiger partial charge >= 0.3 is 0 Å². The van der Waals surface area contributed by atoms with E-state index in [1.54, 1.807) is 0 Å². The second-order valence-corrected chi connectivity index (χ2v) is 7.55. The fraction of sp³-hybridized carbons (Fsp3) is 1.00. The molecular formula is C15H29NOS. The van der Waals surface area contributed by atoms with Gasteiger partial charge < -0.3 is 10.4 Å². The van der Waals surface area contributed by atoms with Gasteiger partial charge in [-0.3, -0.25) is 0 Å². The van der Waals surface area contributed by atoms with Crippen LogP contribution in [0.15, 0.2) is 0 Å². The highest BCUT2D eigenvalue weighted by Crippen LogP contribution is 2.39. The van der Waals surface area contributed by atoms with Crippen LogP contribution in [0.2, 0.25) is 0 Å². The number of hydrogen-bond acceptors (Lipinski definition) is 3. The lowest BCUT2D eigenvalue weighted by Gasteiger charge is -2.28. The number of rotatable bonds is 7. The van der Waals surface area contributed by atoms with Crippen LogP contribution in [-0.2, 0) is 0 Å². The smallest absolute Gasteiger partial charge is 0.0613 e. The molecule has 2 atom stereocenters. The van der Waals surface area contributed by atoms with E-state index in [-0.39, 0.29) is 5.54 Å². The SMILES string of the molecule is CCCNC1(CO)CCC(SCC2CCCC2)C1. The summed E-state index contributed by atoms with van der Waals surface area (Å²) in [7, 11) is 0. The second kappa shape index (κ2) is 7.16.